The van der Waals surface area contributed by atoms with Crippen molar-refractivity contribution < 1.29 is 13.3 Å². The van der Waals surface area contributed by atoms with Crippen LogP contribution in [0.3, 0.4) is 0 Å². The number of benzene rings is 1. The Bertz CT molecular complexity index is 317. The second-order valence-corrected chi connectivity index (χ2v) is 6.85. The minimum Gasteiger partial charge on any atom is -0.501 e. The number of rotatable bonds is 9. The maximum Gasteiger partial charge on any atom is 0.565 e. The SMILES string of the molecule is CCNCCC[Si](OC)(OC)Oc1ccccc1. The average Bonchev–Trinajstić information content (AvgIpc) is 2.43. The summed E-state index contributed by atoms with van der Waals surface area (Å²) < 4.78 is 17.0. The average molecular weight is 269 g/mol. The van der Waals surface area contributed by atoms with Gasteiger partial charge in [-0.1, -0.05) is 25.1 Å². The third kappa shape index (κ3) is 4.78. The minimum absolute atomic E-state index is 0.802. The van der Waals surface area contributed by atoms with Gasteiger partial charge < -0.3 is 18.6 Å². The third-order valence-corrected chi connectivity index (χ3v) is 5.48. The van der Waals surface area contributed by atoms with Gasteiger partial charge in [0.25, 0.3) is 0 Å². The molecular weight excluding hydrogens is 246 g/mol. The Morgan fingerprint density at radius 2 is 1.78 bits per heavy atom. The summed E-state index contributed by atoms with van der Waals surface area (Å²) in [6.07, 6.45) is 0.981. The molecule has 1 aromatic rings. The van der Waals surface area contributed by atoms with Gasteiger partial charge >= 0.3 is 8.80 Å². The number of hydrogen-bond acceptors (Lipinski definition) is 4. The molecule has 0 atom stereocenters. The molecule has 102 valence electrons. The van der Waals surface area contributed by atoms with E-state index in [1.165, 1.54) is 0 Å². The molecule has 0 aliphatic heterocycles. The quantitative estimate of drug-likeness (QED) is 0.551. The van der Waals surface area contributed by atoms with E-state index in [1.807, 2.05) is 30.3 Å². The van der Waals surface area contributed by atoms with Crippen LogP contribution in [0.5, 0.6) is 5.75 Å². The van der Waals surface area contributed by atoms with Crippen molar-refractivity contribution in [2.75, 3.05) is 27.3 Å². The van der Waals surface area contributed by atoms with E-state index in [0.29, 0.717) is 0 Å². The van der Waals surface area contributed by atoms with Gasteiger partial charge in [0.05, 0.1) is 0 Å². The summed E-state index contributed by atoms with van der Waals surface area (Å²) in [6.45, 7) is 4.03. The van der Waals surface area contributed by atoms with E-state index in [1.54, 1.807) is 14.2 Å². The van der Waals surface area contributed by atoms with Crippen molar-refractivity contribution in [1.29, 1.82) is 0 Å². The lowest BCUT2D eigenvalue weighted by Crippen LogP contribution is -2.47. The van der Waals surface area contributed by atoms with Crippen molar-refractivity contribution in [1.82, 2.24) is 5.32 Å². The van der Waals surface area contributed by atoms with Gasteiger partial charge in [-0.05, 0) is 31.6 Å². The fourth-order valence-electron chi connectivity index (χ4n) is 1.70. The molecule has 0 aromatic heterocycles. The highest BCUT2D eigenvalue weighted by atomic mass is 28.4. The smallest absolute Gasteiger partial charge is 0.501 e. The zero-order chi connectivity index (χ0) is 13.3. The maximum absolute atomic E-state index is 5.95. The molecule has 0 spiro atoms. The van der Waals surface area contributed by atoms with Gasteiger partial charge in [-0.15, -0.1) is 0 Å². The van der Waals surface area contributed by atoms with Crippen molar-refractivity contribution in [3.63, 3.8) is 0 Å². The standard InChI is InChI=1S/C13H23NO3Si/c1-4-14-11-8-12-18(15-2,16-3)17-13-9-6-5-7-10-13/h5-7,9-10,14H,4,8,11-12H2,1-3H3. The summed E-state index contributed by atoms with van der Waals surface area (Å²) in [5.41, 5.74) is 0. The molecule has 0 aliphatic carbocycles. The molecule has 0 saturated carbocycles. The molecule has 0 bridgehead atoms. The molecule has 0 radical (unpaired) electrons. The van der Waals surface area contributed by atoms with E-state index < -0.39 is 8.80 Å². The molecule has 0 amide bonds. The van der Waals surface area contributed by atoms with Crippen LogP contribution in [-0.4, -0.2) is 36.1 Å². The van der Waals surface area contributed by atoms with Gasteiger partial charge in [-0.25, -0.2) is 0 Å². The first-order valence-electron chi connectivity index (χ1n) is 6.31. The highest BCUT2D eigenvalue weighted by molar-refractivity contribution is 6.61. The Labute approximate surface area is 111 Å². The third-order valence-electron chi connectivity index (χ3n) is 2.73. The number of para-hydroxylation sites is 1. The zero-order valence-corrected chi connectivity index (χ0v) is 12.4. The summed E-state index contributed by atoms with van der Waals surface area (Å²) in [6, 6.07) is 10.5. The second kappa shape index (κ2) is 8.26. The molecule has 4 nitrogen and oxygen atoms in total. The molecule has 1 rings (SSSR count). The summed E-state index contributed by atoms with van der Waals surface area (Å²) >= 11 is 0. The van der Waals surface area contributed by atoms with Gasteiger partial charge in [-0.3, -0.25) is 0 Å². The van der Waals surface area contributed by atoms with E-state index in [-0.39, 0.29) is 0 Å². The predicted molar refractivity (Wildman–Crippen MR) is 74.8 cm³/mol. The molecule has 1 N–H and O–H groups in total. The molecule has 0 saturated heterocycles. The highest BCUT2D eigenvalue weighted by Gasteiger charge is 2.40. The van der Waals surface area contributed by atoms with E-state index in [9.17, 15) is 0 Å². The van der Waals surface area contributed by atoms with E-state index >= 15 is 0 Å². The topological polar surface area (TPSA) is 39.7 Å². The van der Waals surface area contributed by atoms with Crippen molar-refractivity contribution in [2.24, 2.45) is 0 Å². The van der Waals surface area contributed by atoms with E-state index in [2.05, 4.69) is 12.2 Å². The molecule has 5 heteroatoms. The Balaban J connectivity index is 2.56. The first kappa shape index (κ1) is 15.2. The monoisotopic (exact) mass is 269 g/mol. The van der Waals surface area contributed by atoms with Crippen molar-refractivity contribution in [2.45, 2.75) is 19.4 Å². The number of hydrogen-bond donors (Lipinski definition) is 1. The van der Waals surface area contributed by atoms with Crippen LogP contribution >= 0.6 is 0 Å². The van der Waals surface area contributed by atoms with Crippen LogP contribution in [0, 0.1) is 0 Å². The van der Waals surface area contributed by atoms with Gasteiger partial charge in [0.1, 0.15) is 5.75 Å². The molecule has 0 aliphatic rings. The first-order valence-corrected chi connectivity index (χ1v) is 8.24. The normalized spacial score (nSPS) is 11.5. The van der Waals surface area contributed by atoms with Crippen LogP contribution in [-0.2, 0) is 8.85 Å². The summed E-state index contributed by atoms with van der Waals surface area (Å²) in [5, 5.41) is 3.29. The highest BCUT2D eigenvalue weighted by Crippen LogP contribution is 2.20. The molecule has 0 fully saturated rings. The Morgan fingerprint density at radius 1 is 1.11 bits per heavy atom. The lowest BCUT2D eigenvalue weighted by atomic mass is 10.3. The van der Waals surface area contributed by atoms with Crippen molar-refractivity contribution in [3.8, 4) is 5.75 Å². The van der Waals surface area contributed by atoms with Crippen LogP contribution in [0.1, 0.15) is 13.3 Å². The van der Waals surface area contributed by atoms with Gasteiger partial charge in [0.15, 0.2) is 0 Å². The number of nitrogens with one attached hydrogen (secondary N) is 1. The van der Waals surface area contributed by atoms with Crippen molar-refractivity contribution in [3.05, 3.63) is 30.3 Å². The predicted octanol–water partition coefficient (Wildman–Crippen LogP) is 2.30. The van der Waals surface area contributed by atoms with Crippen LogP contribution in [0.4, 0.5) is 0 Å². The Kier molecular flexibility index (Phi) is 6.96. The fraction of sp³-hybridized carbons (Fsp3) is 0.538. The fourth-order valence-corrected chi connectivity index (χ4v) is 3.65. The van der Waals surface area contributed by atoms with Crippen molar-refractivity contribution >= 4 is 8.80 Å². The molecular formula is C13H23NO3Si. The summed E-state index contributed by atoms with van der Waals surface area (Å²) in [5.74, 6) is 0.802. The van der Waals surface area contributed by atoms with E-state index in [4.69, 9.17) is 13.3 Å². The molecule has 0 heterocycles. The maximum atomic E-state index is 5.95. The Morgan fingerprint density at radius 3 is 2.33 bits per heavy atom. The Hall–Kier alpha value is -0.883. The van der Waals surface area contributed by atoms with Crippen LogP contribution < -0.4 is 9.74 Å². The molecule has 0 unspecified atom stereocenters. The van der Waals surface area contributed by atoms with Gasteiger partial charge in [0.2, 0.25) is 0 Å². The molecule has 18 heavy (non-hydrogen) atoms. The van der Waals surface area contributed by atoms with Gasteiger partial charge in [0, 0.05) is 20.3 Å². The van der Waals surface area contributed by atoms with Crippen LogP contribution in [0.25, 0.3) is 0 Å². The van der Waals surface area contributed by atoms with Crippen LogP contribution in [0.15, 0.2) is 30.3 Å². The van der Waals surface area contributed by atoms with E-state index in [0.717, 1.165) is 31.3 Å². The molecule has 1 aromatic carbocycles. The first-order chi connectivity index (χ1) is 8.76. The summed E-state index contributed by atoms with van der Waals surface area (Å²) in [7, 11) is 0.743. The minimum atomic E-state index is -2.57. The lowest BCUT2D eigenvalue weighted by molar-refractivity contribution is 0.160. The summed E-state index contributed by atoms with van der Waals surface area (Å²) in [4.78, 5) is 0. The van der Waals surface area contributed by atoms with Crippen LogP contribution in [0.2, 0.25) is 6.04 Å². The zero-order valence-electron chi connectivity index (χ0n) is 11.4. The second-order valence-electron chi connectivity index (χ2n) is 3.96. The lowest BCUT2D eigenvalue weighted by Gasteiger charge is -2.26. The largest absolute Gasteiger partial charge is 0.565 e. The van der Waals surface area contributed by atoms with Gasteiger partial charge in [-0.2, -0.15) is 0 Å².